The number of benzene rings is 2. The van der Waals surface area contributed by atoms with Gasteiger partial charge in [-0.15, -0.1) is 24.8 Å². The molecule has 2 heterocycles. The Morgan fingerprint density at radius 1 is 0.867 bits per heavy atom. The molecule has 30 heavy (non-hydrogen) atoms. The van der Waals surface area contributed by atoms with E-state index in [1.165, 1.54) is 27.3 Å². The van der Waals surface area contributed by atoms with Crippen LogP contribution < -0.4 is 0 Å². The molecule has 166 valence electrons. The van der Waals surface area contributed by atoms with Crippen molar-refractivity contribution in [3.8, 4) is 0 Å². The molecule has 0 saturated carbocycles. The van der Waals surface area contributed by atoms with Gasteiger partial charge < -0.3 is 14.9 Å². The summed E-state index contributed by atoms with van der Waals surface area (Å²) in [6.45, 7) is 7.03. The smallest absolute Gasteiger partial charge is 0.0443 e. The number of aliphatic hydroxyl groups is 1. The van der Waals surface area contributed by atoms with Crippen LogP contribution in [0, 0.1) is 0 Å². The molecule has 3 nitrogen and oxygen atoms in total. The number of halogens is 3. The second-order valence-corrected chi connectivity index (χ2v) is 9.30. The zero-order chi connectivity index (χ0) is 19.3. The Balaban J connectivity index is 0.00000160. The fraction of sp³-hybridized carbons (Fsp3) is 0.478. The van der Waals surface area contributed by atoms with Crippen LogP contribution in [-0.2, 0) is 0 Å². The fourth-order valence-corrected chi connectivity index (χ4v) is 5.74. The molecular formula is C23H31Cl3N2OS. The molecule has 0 aromatic heterocycles. The maximum Gasteiger partial charge on any atom is 0.0443 e. The van der Waals surface area contributed by atoms with E-state index < -0.39 is 0 Å². The van der Waals surface area contributed by atoms with Crippen molar-refractivity contribution in [3.05, 3.63) is 58.6 Å². The third kappa shape index (κ3) is 6.29. The first kappa shape index (κ1) is 25.8. The standard InChI is InChI=1S/C23H29ClN2OS.2ClH/c24-18-8-9-23-21(17-18)19(20-5-1-2-7-22(20)28-23)6-3-10-25-12-14-26(15-13-25)11-4-16-27;;/h1-2,5,7-9,17,19,27H,3-4,6,10-16H2;2*1H. The van der Waals surface area contributed by atoms with E-state index in [9.17, 15) is 0 Å². The van der Waals surface area contributed by atoms with Crippen molar-refractivity contribution in [2.75, 3.05) is 45.9 Å². The summed E-state index contributed by atoms with van der Waals surface area (Å²) in [4.78, 5) is 7.81. The molecule has 7 heteroatoms. The highest BCUT2D eigenvalue weighted by atomic mass is 35.5. The van der Waals surface area contributed by atoms with Crippen LogP contribution in [0.1, 0.15) is 36.3 Å². The maximum atomic E-state index is 9.00. The molecule has 0 aliphatic carbocycles. The molecule has 1 fully saturated rings. The van der Waals surface area contributed by atoms with Crippen LogP contribution in [0.25, 0.3) is 0 Å². The number of hydrogen-bond acceptors (Lipinski definition) is 4. The molecule has 2 aliphatic rings. The van der Waals surface area contributed by atoms with Crippen molar-refractivity contribution in [1.82, 2.24) is 9.80 Å². The molecule has 4 rings (SSSR count). The summed E-state index contributed by atoms with van der Waals surface area (Å²) >= 11 is 8.21. The summed E-state index contributed by atoms with van der Waals surface area (Å²) in [5.41, 5.74) is 2.85. The third-order valence-corrected chi connectivity index (χ3v) is 7.34. The Morgan fingerprint density at radius 2 is 1.50 bits per heavy atom. The first-order valence-electron chi connectivity index (χ1n) is 10.4. The largest absolute Gasteiger partial charge is 0.396 e. The molecule has 0 bridgehead atoms. The summed E-state index contributed by atoms with van der Waals surface area (Å²) in [5, 5.41) is 9.83. The van der Waals surface area contributed by atoms with E-state index in [4.69, 9.17) is 16.7 Å². The number of rotatable bonds is 7. The monoisotopic (exact) mass is 488 g/mol. The van der Waals surface area contributed by atoms with Gasteiger partial charge in [0.05, 0.1) is 0 Å². The topological polar surface area (TPSA) is 26.7 Å². The van der Waals surface area contributed by atoms with Crippen LogP contribution in [0.15, 0.2) is 52.3 Å². The lowest BCUT2D eigenvalue weighted by Gasteiger charge is -2.35. The van der Waals surface area contributed by atoms with Crippen LogP contribution >= 0.6 is 48.2 Å². The highest BCUT2D eigenvalue weighted by Crippen LogP contribution is 2.48. The Labute approximate surface area is 202 Å². The lowest BCUT2D eigenvalue weighted by Crippen LogP contribution is -2.46. The normalized spacial score (nSPS) is 18.7. The Morgan fingerprint density at radius 3 is 2.20 bits per heavy atom. The number of aliphatic hydroxyl groups excluding tert-OH is 1. The maximum absolute atomic E-state index is 9.00. The number of hydrogen-bond donors (Lipinski definition) is 1. The van der Waals surface area contributed by atoms with E-state index in [2.05, 4.69) is 46.2 Å². The van der Waals surface area contributed by atoms with Gasteiger partial charge in [0, 0.05) is 60.1 Å². The zero-order valence-corrected chi connectivity index (χ0v) is 20.3. The van der Waals surface area contributed by atoms with E-state index in [-0.39, 0.29) is 24.8 Å². The van der Waals surface area contributed by atoms with Gasteiger partial charge in [0.1, 0.15) is 0 Å². The first-order chi connectivity index (χ1) is 13.7. The molecule has 1 N–H and O–H groups in total. The Hall–Kier alpha value is -0.460. The predicted molar refractivity (Wildman–Crippen MR) is 132 cm³/mol. The molecule has 0 radical (unpaired) electrons. The Bertz CT molecular complexity index is 800. The lowest BCUT2D eigenvalue weighted by molar-refractivity contribution is 0.123. The van der Waals surface area contributed by atoms with Gasteiger partial charge in [-0.2, -0.15) is 0 Å². The summed E-state index contributed by atoms with van der Waals surface area (Å²) in [5.74, 6) is 0.442. The average molecular weight is 490 g/mol. The molecule has 0 spiro atoms. The second-order valence-electron chi connectivity index (χ2n) is 7.78. The van der Waals surface area contributed by atoms with E-state index in [0.717, 1.165) is 57.1 Å². The fourth-order valence-electron chi connectivity index (χ4n) is 4.39. The van der Waals surface area contributed by atoms with Crippen molar-refractivity contribution in [2.45, 2.75) is 35.0 Å². The predicted octanol–water partition coefficient (Wildman–Crippen LogP) is 5.56. The SMILES string of the molecule is Cl.Cl.OCCCN1CCN(CCCC2c3ccccc3Sc3ccc(Cl)cc32)CC1. The van der Waals surface area contributed by atoms with Crippen LogP contribution in [-0.4, -0.2) is 60.8 Å². The van der Waals surface area contributed by atoms with Crippen LogP contribution in [0.3, 0.4) is 0 Å². The van der Waals surface area contributed by atoms with Gasteiger partial charge in [-0.05, 0) is 61.2 Å². The molecule has 2 aromatic rings. The second kappa shape index (κ2) is 12.5. The van der Waals surface area contributed by atoms with E-state index >= 15 is 0 Å². The summed E-state index contributed by atoms with van der Waals surface area (Å²) < 4.78 is 0. The van der Waals surface area contributed by atoms with Gasteiger partial charge in [0.15, 0.2) is 0 Å². The Kier molecular flexibility index (Phi) is 10.8. The molecule has 2 aliphatic heterocycles. The zero-order valence-electron chi connectivity index (χ0n) is 17.1. The van der Waals surface area contributed by atoms with E-state index in [0.29, 0.717) is 12.5 Å². The van der Waals surface area contributed by atoms with Gasteiger partial charge in [-0.1, -0.05) is 41.6 Å². The van der Waals surface area contributed by atoms with Crippen LogP contribution in [0.5, 0.6) is 0 Å². The average Bonchev–Trinajstić information content (AvgIpc) is 2.73. The first-order valence-corrected chi connectivity index (χ1v) is 11.6. The van der Waals surface area contributed by atoms with Crippen molar-refractivity contribution in [3.63, 3.8) is 0 Å². The van der Waals surface area contributed by atoms with Crippen LogP contribution in [0.4, 0.5) is 0 Å². The minimum atomic E-state index is 0. The van der Waals surface area contributed by atoms with Gasteiger partial charge in [-0.3, -0.25) is 0 Å². The molecule has 2 aromatic carbocycles. The third-order valence-electron chi connectivity index (χ3n) is 5.93. The summed E-state index contributed by atoms with van der Waals surface area (Å²) in [7, 11) is 0. The number of piperazine rings is 1. The minimum Gasteiger partial charge on any atom is -0.396 e. The van der Waals surface area contributed by atoms with Crippen molar-refractivity contribution in [2.24, 2.45) is 0 Å². The van der Waals surface area contributed by atoms with Crippen LogP contribution in [0.2, 0.25) is 5.02 Å². The van der Waals surface area contributed by atoms with E-state index in [1.807, 2.05) is 17.8 Å². The van der Waals surface area contributed by atoms with Crippen molar-refractivity contribution in [1.29, 1.82) is 0 Å². The minimum absolute atomic E-state index is 0. The molecule has 0 amide bonds. The van der Waals surface area contributed by atoms with Gasteiger partial charge in [-0.25, -0.2) is 0 Å². The van der Waals surface area contributed by atoms with Gasteiger partial charge in [0.2, 0.25) is 0 Å². The van der Waals surface area contributed by atoms with E-state index in [1.54, 1.807) is 0 Å². The quantitative estimate of drug-likeness (QED) is 0.551. The highest BCUT2D eigenvalue weighted by Gasteiger charge is 2.26. The lowest BCUT2D eigenvalue weighted by atomic mass is 9.87. The van der Waals surface area contributed by atoms with Gasteiger partial charge in [0.25, 0.3) is 0 Å². The summed E-state index contributed by atoms with van der Waals surface area (Å²) in [6, 6.07) is 15.2. The van der Waals surface area contributed by atoms with Crippen molar-refractivity contribution < 1.29 is 5.11 Å². The number of fused-ring (bicyclic) bond motifs is 2. The molecule has 1 atom stereocenters. The highest BCUT2D eigenvalue weighted by molar-refractivity contribution is 7.99. The molecule has 1 saturated heterocycles. The van der Waals surface area contributed by atoms with Crippen molar-refractivity contribution >= 4 is 48.2 Å². The molecular weight excluding hydrogens is 459 g/mol. The summed E-state index contributed by atoms with van der Waals surface area (Å²) in [6.07, 6.45) is 3.25. The number of nitrogens with zero attached hydrogens (tertiary/aromatic N) is 2. The molecule has 1 unspecified atom stereocenters. The van der Waals surface area contributed by atoms with Gasteiger partial charge >= 0.3 is 0 Å².